The van der Waals surface area contributed by atoms with Gasteiger partial charge in [-0.1, -0.05) is 0 Å². The van der Waals surface area contributed by atoms with Crippen molar-refractivity contribution in [3.8, 4) is 11.5 Å². The van der Waals surface area contributed by atoms with Crippen molar-refractivity contribution in [1.29, 1.82) is 0 Å². The molecule has 2 aliphatic rings. The molecule has 0 unspecified atom stereocenters. The molecule has 0 atom stereocenters. The first-order valence-electron chi connectivity index (χ1n) is 8.87. The highest BCUT2D eigenvalue weighted by molar-refractivity contribution is 5.85. The monoisotopic (exact) mass is 354 g/mol. The molecule has 1 aromatic rings. The smallest absolute Gasteiger partial charge is 0.161 e. The SMILES string of the molecule is COc1cc(C)c(CN2CCC(NCC3CC3)CC2)cc1OC.Cl. The summed E-state index contributed by atoms with van der Waals surface area (Å²) in [6, 6.07) is 4.93. The number of nitrogens with one attached hydrogen (secondary N) is 1. The van der Waals surface area contributed by atoms with Crippen molar-refractivity contribution in [2.24, 2.45) is 5.92 Å². The molecule has 1 aromatic carbocycles. The molecule has 1 saturated heterocycles. The third kappa shape index (κ3) is 5.01. The Hall–Kier alpha value is -0.970. The van der Waals surface area contributed by atoms with Crippen molar-refractivity contribution in [3.05, 3.63) is 23.3 Å². The van der Waals surface area contributed by atoms with E-state index in [-0.39, 0.29) is 12.4 Å². The van der Waals surface area contributed by atoms with Crippen molar-refractivity contribution in [1.82, 2.24) is 10.2 Å². The molecule has 0 amide bonds. The second-order valence-electron chi connectivity index (χ2n) is 7.04. The normalized spacial score (nSPS) is 19.0. The maximum absolute atomic E-state index is 5.44. The summed E-state index contributed by atoms with van der Waals surface area (Å²) in [5.74, 6) is 2.62. The van der Waals surface area contributed by atoms with E-state index in [0.29, 0.717) is 0 Å². The Bertz CT molecular complexity index is 526. The van der Waals surface area contributed by atoms with Crippen LogP contribution in [-0.4, -0.2) is 44.8 Å². The van der Waals surface area contributed by atoms with E-state index >= 15 is 0 Å². The molecule has 4 nitrogen and oxygen atoms in total. The summed E-state index contributed by atoms with van der Waals surface area (Å²) in [5, 5.41) is 3.75. The number of benzene rings is 1. The summed E-state index contributed by atoms with van der Waals surface area (Å²) in [4.78, 5) is 2.56. The van der Waals surface area contributed by atoms with E-state index in [1.54, 1.807) is 14.2 Å². The maximum Gasteiger partial charge on any atom is 0.161 e. The van der Waals surface area contributed by atoms with E-state index in [0.717, 1.165) is 30.0 Å². The third-order valence-corrected chi connectivity index (χ3v) is 5.22. The zero-order valence-corrected chi connectivity index (χ0v) is 16.0. The van der Waals surface area contributed by atoms with Gasteiger partial charge >= 0.3 is 0 Å². The lowest BCUT2D eigenvalue weighted by molar-refractivity contribution is 0.189. The van der Waals surface area contributed by atoms with Gasteiger partial charge in [-0.3, -0.25) is 4.90 Å². The molecule has 5 heteroatoms. The van der Waals surface area contributed by atoms with E-state index < -0.39 is 0 Å². The minimum Gasteiger partial charge on any atom is -0.493 e. The molecule has 1 saturated carbocycles. The van der Waals surface area contributed by atoms with Crippen LogP contribution in [0.25, 0.3) is 0 Å². The molecule has 0 spiro atoms. The van der Waals surface area contributed by atoms with Crippen LogP contribution < -0.4 is 14.8 Å². The van der Waals surface area contributed by atoms with Crippen LogP contribution in [0, 0.1) is 12.8 Å². The number of piperidine rings is 1. The highest BCUT2D eigenvalue weighted by Crippen LogP contribution is 2.31. The fourth-order valence-electron chi connectivity index (χ4n) is 3.38. The van der Waals surface area contributed by atoms with E-state index in [2.05, 4.69) is 29.3 Å². The average Bonchev–Trinajstić information content (AvgIpc) is 3.40. The molecule has 3 rings (SSSR count). The van der Waals surface area contributed by atoms with E-state index in [9.17, 15) is 0 Å². The standard InChI is InChI=1S/C19H30N2O2.ClH/c1-14-10-18(22-2)19(23-3)11-16(14)13-21-8-6-17(7-9-21)20-12-15-4-5-15;/h10-11,15,17,20H,4-9,12-13H2,1-3H3;1H. The minimum absolute atomic E-state index is 0. The van der Waals surface area contributed by atoms with Crippen LogP contribution in [0.15, 0.2) is 12.1 Å². The number of nitrogens with zero attached hydrogens (tertiary/aromatic N) is 1. The van der Waals surface area contributed by atoms with Gasteiger partial charge in [0.2, 0.25) is 0 Å². The molecule has 0 radical (unpaired) electrons. The summed E-state index contributed by atoms with van der Waals surface area (Å²) in [6.07, 6.45) is 5.40. The van der Waals surface area contributed by atoms with Crippen LogP contribution in [-0.2, 0) is 6.54 Å². The number of hydrogen-bond acceptors (Lipinski definition) is 4. The molecular formula is C19H31ClN2O2. The van der Waals surface area contributed by atoms with Crippen LogP contribution >= 0.6 is 12.4 Å². The number of halogens is 1. The maximum atomic E-state index is 5.44. The Kier molecular flexibility index (Phi) is 7.20. The Morgan fingerprint density at radius 3 is 2.25 bits per heavy atom. The number of aryl methyl sites for hydroxylation is 1. The second kappa shape index (κ2) is 8.93. The molecule has 24 heavy (non-hydrogen) atoms. The molecule has 0 bridgehead atoms. The van der Waals surface area contributed by atoms with Crippen LogP contribution in [0.5, 0.6) is 11.5 Å². The summed E-state index contributed by atoms with van der Waals surface area (Å²) >= 11 is 0. The lowest BCUT2D eigenvalue weighted by Gasteiger charge is -2.33. The molecule has 1 aliphatic carbocycles. The van der Waals surface area contributed by atoms with Gasteiger partial charge in [-0.2, -0.15) is 0 Å². The average molecular weight is 355 g/mol. The number of rotatable bonds is 7. The van der Waals surface area contributed by atoms with Crippen LogP contribution in [0.4, 0.5) is 0 Å². The highest BCUT2D eigenvalue weighted by Gasteiger charge is 2.24. The predicted octanol–water partition coefficient (Wildman–Crippen LogP) is 3.40. The Morgan fingerprint density at radius 2 is 1.67 bits per heavy atom. The van der Waals surface area contributed by atoms with Crippen LogP contribution in [0.3, 0.4) is 0 Å². The Balaban J connectivity index is 0.00000208. The molecule has 0 aromatic heterocycles. The fraction of sp³-hybridized carbons (Fsp3) is 0.684. The molecule has 2 fully saturated rings. The van der Waals surface area contributed by atoms with Gasteiger partial charge in [-0.15, -0.1) is 12.4 Å². The molecule has 1 heterocycles. The molecule has 1 N–H and O–H groups in total. The number of methoxy groups -OCH3 is 2. The van der Waals surface area contributed by atoms with Crippen molar-refractivity contribution in [3.63, 3.8) is 0 Å². The minimum atomic E-state index is 0. The van der Waals surface area contributed by atoms with Gasteiger partial charge in [0.25, 0.3) is 0 Å². The van der Waals surface area contributed by atoms with Crippen LogP contribution in [0.2, 0.25) is 0 Å². The highest BCUT2D eigenvalue weighted by atomic mass is 35.5. The summed E-state index contributed by atoms with van der Waals surface area (Å²) in [5.41, 5.74) is 2.61. The van der Waals surface area contributed by atoms with Gasteiger partial charge in [-0.05, 0) is 81.4 Å². The largest absolute Gasteiger partial charge is 0.493 e. The van der Waals surface area contributed by atoms with Crippen LogP contribution in [0.1, 0.15) is 36.8 Å². The van der Waals surface area contributed by atoms with Gasteiger partial charge in [0.05, 0.1) is 14.2 Å². The van der Waals surface area contributed by atoms with Gasteiger partial charge in [0, 0.05) is 12.6 Å². The molecular weight excluding hydrogens is 324 g/mol. The first-order chi connectivity index (χ1) is 11.2. The van der Waals surface area contributed by atoms with Crippen molar-refractivity contribution < 1.29 is 9.47 Å². The lowest BCUT2D eigenvalue weighted by Crippen LogP contribution is -2.42. The quantitative estimate of drug-likeness (QED) is 0.813. The third-order valence-electron chi connectivity index (χ3n) is 5.22. The molecule has 136 valence electrons. The lowest BCUT2D eigenvalue weighted by atomic mass is 10.0. The van der Waals surface area contributed by atoms with Crippen molar-refractivity contribution in [2.75, 3.05) is 33.9 Å². The first kappa shape index (κ1) is 19.4. The summed E-state index contributed by atoms with van der Waals surface area (Å²) < 4.78 is 10.8. The molecule has 1 aliphatic heterocycles. The summed E-state index contributed by atoms with van der Waals surface area (Å²) in [6.45, 7) is 6.74. The first-order valence-corrected chi connectivity index (χ1v) is 8.87. The van der Waals surface area contributed by atoms with Gasteiger partial charge in [0.15, 0.2) is 11.5 Å². The number of likely N-dealkylation sites (tertiary alicyclic amines) is 1. The van der Waals surface area contributed by atoms with Gasteiger partial charge in [-0.25, -0.2) is 0 Å². The van der Waals surface area contributed by atoms with E-state index in [1.165, 1.54) is 56.4 Å². The van der Waals surface area contributed by atoms with E-state index in [1.807, 2.05) is 0 Å². The number of hydrogen-bond donors (Lipinski definition) is 1. The summed E-state index contributed by atoms with van der Waals surface area (Å²) in [7, 11) is 3.39. The van der Waals surface area contributed by atoms with Crippen molar-refractivity contribution >= 4 is 12.4 Å². The Morgan fingerprint density at radius 1 is 1.04 bits per heavy atom. The number of ether oxygens (including phenoxy) is 2. The van der Waals surface area contributed by atoms with Crippen molar-refractivity contribution in [2.45, 2.75) is 45.2 Å². The zero-order chi connectivity index (χ0) is 16.2. The van der Waals surface area contributed by atoms with Gasteiger partial charge < -0.3 is 14.8 Å². The fourth-order valence-corrected chi connectivity index (χ4v) is 3.38. The zero-order valence-electron chi connectivity index (χ0n) is 15.1. The van der Waals surface area contributed by atoms with Gasteiger partial charge in [0.1, 0.15) is 0 Å². The second-order valence-corrected chi connectivity index (χ2v) is 7.04. The predicted molar refractivity (Wildman–Crippen MR) is 101 cm³/mol. The topological polar surface area (TPSA) is 33.7 Å². The Labute approximate surface area is 152 Å². The van der Waals surface area contributed by atoms with E-state index in [4.69, 9.17) is 9.47 Å².